The summed E-state index contributed by atoms with van der Waals surface area (Å²) in [5.74, 6) is 0.136. The largest absolute Gasteiger partial charge is 0.397 e. The van der Waals surface area contributed by atoms with Crippen LogP contribution in [-0.4, -0.2) is 18.1 Å². The lowest BCUT2D eigenvalue weighted by molar-refractivity contribution is -0.130. The molecule has 0 saturated heterocycles. The number of amides is 1. The van der Waals surface area contributed by atoms with Crippen molar-refractivity contribution in [2.75, 3.05) is 11.1 Å². The average Bonchev–Trinajstić information content (AvgIpc) is 2.32. The van der Waals surface area contributed by atoms with Crippen LogP contribution >= 0.6 is 11.6 Å². The zero-order valence-corrected chi connectivity index (χ0v) is 12.5. The summed E-state index contributed by atoms with van der Waals surface area (Å²) in [7, 11) is 0. The Morgan fingerprint density at radius 1 is 1.32 bits per heavy atom. The van der Waals surface area contributed by atoms with Crippen LogP contribution in [0.2, 0.25) is 5.02 Å². The summed E-state index contributed by atoms with van der Waals surface area (Å²) in [6.45, 7) is 7.77. The summed E-state index contributed by atoms with van der Waals surface area (Å²) in [4.78, 5) is 12.0. The van der Waals surface area contributed by atoms with Crippen molar-refractivity contribution in [3.63, 3.8) is 0 Å². The SMILES string of the molecule is CC(OC(C)C(C)C)C(=O)Nc1ccc(Cl)cc1N. The van der Waals surface area contributed by atoms with Crippen molar-refractivity contribution in [2.45, 2.75) is 39.9 Å². The number of hydrogen-bond acceptors (Lipinski definition) is 3. The molecule has 4 nitrogen and oxygen atoms in total. The molecule has 5 heteroatoms. The van der Waals surface area contributed by atoms with Gasteiger partial charge in [-0.2, -0.15) is 0 Å². The molecular weight excluding hydrogens is 264 g/mol. The molecule has 0 heterocycles. The number of anilines is 2. The quantitative estimate of drug-likeness (QED) is 0.815. The second kappa shape index (κ2) is 6.78. The highest BCUT2D eigenvalue weighted by Crippen LogP contribution is 2.23. The minimum Gasteiger partial charge on any atom is -0.397 e. The van der Waals surface area contributed by atoms with Gasteiger partial charge in [-0.1, -0.05) is 25.4 Å². The summed E-state index contributed by atoms with van der Waals surface area (Å²) in [6, 6.07) is 4.95. The number of benzene rings is 1. The van der Waals surface area contributed by atoms with Gasteiger partial charge in [-0.15, -0.1) is 0 Å². The van der Waals surface area contributed by atoms with Gasteiger partial charge >= 0.3 is 0 Å². The lowest BCUT2D eigenvalue weighted by Crippen LogP contribution is -2.32. The normalized spacial score (nSPS) is 14.2. The molecule has 0 fully saturated rings. The number of nitrogens with one attached hydrogen (secondary N) is 1. The van der Waals surface area contributed by atoms with Crippen molar-refractivity contribution in [1.29, 1.82) is 0 Å². The number of ether oxygens (including phenoxy) is 1. The molecule has 3 N–H and O–H groups in total. The molecule has 0 bridgehead atoms. The van der Waals surface area contributed by atoms with Crippen molar-refractivity contribution in [1.82, 2.24) is 0 Å². The first-order valence-corrected chi connectivity index (χ1v) is 6.70. The van der Waals surface area contributed by atoms with Crippen LogP contribution in [-0.2, 0) is 9.53 Å². The molecule has 0 spiro atoms. The van der Waals surface area contributed by atoms with Crippen molar-refractivity contribution < 1.29 is 9.53 Å². The number of carbonyl (C=O) groups is 1. The fourth-order valence-corrected chi connectivity index (χ4v) is 1.60. The van der Waals surface area contributed by atoms with E-state index in [0.717, 1.165) is 0 Å². The third-order valence-electron chi connectivity index (χ3n) is 3.00. The predicted molar refractivity (Wildman–Crippen MR) is 79.3 cm³/mol. The highest BCUT2D eigenvalue weighted by Gasteiger charge is 2.19. The third-order valence-corrected chi connectivity index (χ3v) is 3.23. The monoisotopic (exact) mass is 284 g/mol. The van der Waals surface area contributed by atoms with Gasteiger partial charge in [0.05, 0.1) is 17.5 Å². The maximum Gasteiger partial charge on any atom is 0.253 e. The van der Waals surface area contributed by atoms with Crippen molar-refractivity contribution in [2.24, 2.45) is 5.92 Å². The molecule has 1 aromatic rings. The summed E-state index contributed by atoms with van der Waals surface area (Å²) in [5.41, 5.74) is 6.76. The second-order valence-corrected chi connectivity index (χ2v) is 5.38. The number of carbonyl (C=O) groups excluding carboxylic acids is 1. The molecule has 106 valence electrons. The minimum atomic E-state index is -0.535. The van der Waals surface area contributed by atoms with Crippen molar-refractivity contribution >= 4 is 28.9 Å². The summed E-state index contributed by atoms with van der Waals surface area (Å²) in [6.07, 6.45) is -0.518. The van der Waals surface area contributed by atoms with E-state index >= 15 is 0 Å². The second-order valence-electron chi connectivity index (χ2n) is 4.95. The Bertz CT molecular complexity index is 449. The van der Waals surface area contributed by atoms with Gasteiger partial charge in [-0.3, -0.25) is 4.79 Å². The molecule has 19 heavy (non-hydrogen) atoms. The number of hydrogen-bond donors (Lipinski definition) is 2. The molecule has 2 atom stereocenters. The lowest BCUT2D eigenvalue weighted by Gasteiger charge is -2.21. The van der Waals surface area contributed by atoms with Gasteiger partial charge in [0, 0.05) is 5.02 Å². The van der Waals surface area contributed by atoms with Gasteiger partial charge in [0.25, 0.3) is 5.91 Å². The Morgan fingerprint density at radius 3 is 2.47 bits per heavy atom. The smallest absolute Gasteiger partial charge is 0.253 e. The van der Waals surface area contributed by atoms with Gasteiger partial charge < -0.3 is 15.8 Å². The number of rotatable bonds is 5. The Balaban J connectivity index is 2.63. The Labute approximate surface area is 119 Å². The minimum absolute atomic E-state index is 0.0170. The van der Waals surface area contributed by atoms with Crippen LogP contribution in [0.4, 0.5) is 11.4 Å². The molecule has 0 saturated carbocycles. The summed E-state index contributed by atoms with van der Waals surface area (Å²) in [5, 5.41) is 3.27. The highest BCUT2D eigenvalue weighted by atomic mass is 35.5. The molecule has 1 aromatic carbocycles. The van der Waals surface area contributed by atoms with E-state index < -0.39 is 6.10 Å². The third kappa shape index (κ3) is 4.73. The maximum absolute atomic E-state index is 12.0. The molecule has 0 aromatic heterocycles. The summed E-state index contributed by atoms with van der Waals surface area (Å²) >= 11 is 5.80. The first-order valence-electron chi connectivity index (χ1n) is 6.32. The zero-order chi connectivity index (χ0) is 14.6. The van der Waals surface area contributed by atoms with Crippen LogP contribution in [0.25, 0.3) is 0 Å². The predicted octanol–water partition coefficient (Wildman–Crippen LogP) is 3.31. The Morgan fingerprint density at radius 2 is 1.95 bits per heavy atom. The Hall–Kier alpha value is -1.26. The zero-order valence-electron chi connectivity index (χ0n) is 11.7. The first kappa shape index (κ1) is 15.8. The lowest BCUT2D eigenvalue weighted by atomic mass is 10.1. The van der Waals surface area contributed by atoms with E-state index in [0.29, 0.717) is 22.3 Å². The van der Waals surface area contributed by atoms with Gasteiger partial charge in [0.15, 0.2) is 0 Å². The summed E-state index contributed by atoms with van der Waals surface area (Å²) < 4.78 is 5.63. The average molecular weight is 285 g/mol. The molecule has 1 amide bonds. The van der Waals surface area contributed by atoms with E-state index in [-0.39, 0.29) is 12.0 Å². The molecule has 1 rings (SSSR count). The molecule has 0 aliphatic rings. The fraction of sp³-hybridized carbons (Fsp3) is 0.500. The number of nitrogens with two attached hydrogens (primary N) is 1. The van der Waals surface area contributed by atoms with Gasteiger partial charge in [0.2, 0.25) is 0 Å². The van der Waals surface area contributed by atoms with Crippen molar-refractivity contribution in [3.05, 3.63) is 23.2 Å². The van der Waals surface area contributed by atoms with Crippen LogP contribution in [0.5, 0.6) is 0 Å². The number of nitrogen functional groups attached to an aromatic ring is 1. The Kier molecular flexibility index (Phi) is 5.63. The van der Waals surface area contributed by atoms with Crippen LogP contribution < -0.4 is 11.1 Å². The van der Waals surface area contributed by atoms with Crippen LogP contribution in [0.15, 0.2) is 18.2 Å². The topological polar surface area (TPSA) is 64.3 Å². The first-order chi connectivity index (χ1) is 8.81. The molecule has 0 aliphatic heterocycles. The van der Waals surface area contributed by atoms with Crippen LogP contribution in [0.1, 0.15) is 27.7 Å². The van der Waals surface area contributed by atoms with E-state index in [1.807, 2.05) is 20.8 Å². The van der Waals surface area contributed by atoms with E-state index in [1.165, 1.54) is 0 Å². The highest BCUT2D eigenvalue weighted by molar-refractivity contribution is 6.31. The van der Waals surface area contributed by atoms with E-state index in [4.69, 9.17) is 22.1 Å². The van der Waals surface area contributed by atoms with Crippen LogP contribution in [0.3, 0.4) is 0 Å². The van der Waals surface area contributed by atoms with E-state index in [1.54, 1.807) is 25.1 Å². The fourth-order valence-electron chi connectivity index (χ4n) is 1.42. The van der Waals surface area contributed by atoms with Gasteiger partial charge in [-0.25, -0.2) is 0 Å². The van der Waals surface area contributed by atoms with Gasteiger partial charge in [0.1, 0.15) is 6.10 Å². The molecule has 0 radical (unpaired) electrons. The molecule has 0 aliphatic carbocycles. The number of halogens is 1. The standard InChI is InChI=1S/C14H21ClN2O2/c1-8(2)9(3)19-10(4)14(18)17-13-6-5-11(15)7-12(13)16/h5-10H,16H2,1-4H3,(H,17,18). The van der Waals surface area contributed by atoms with E-state index in [2.05, 4.69) is 5.32 Å². The van der Waals surface area contributed by atoms with E-state index in [9.17, 15) is 4.79 Å². The van der Waals surface area contributed by atoms with Crippen LogP contribution in [0, 0.1) is 5.92 Å². The molecule has 2 unspecified atom stereocenters. The van der Waals surface area contributed by atoms with Crippen molar-refractivity contribution in [3.8, 4) is 0 Å². The maximum atomic E-state index is 12.0. The molecular formula is C14H21ClN2O2. The van der Waals surface area contributed by atoms with Gasteiger partial charge in [-0.05, 0) is 38.0 Å².